The SMILES string of the molecule is CCCN(CCC(=O)O)C(CC(C)C)C(=O)O. The third kappa shape index (κ3) is 6.94. The first kappa shape index (κ1) is 15.9. The van der Waals surface area contributed by atoms with Crippen LogP contribution >= 0.6 is 0 Å². The van der Waals surface area contributed by atoms with Crippen molar-refractivity contribution in [3.05, 3.63) is 0 Å². The van der Waals surface area contributed by atoms with Gasteiger partial charge in [-0.15, -0.1) is 0 Å². The van der Waals surface area contributed by atoms with Gasteiger partial charge in [-0.1, -0.05) is 20.8 Å². The molecule has 0 aliphatic heterocycles. The summed E-state index contributed by atoms with van der Waals surface area (Å²) >= 11 is 0. The van der Waals surface area contributed by atoms with Crippen molar-refractivity contribution in [1.82, 2.24) is 4.90 Å². The summed E-state index contributed by atoms with van der Waals surface area (Å²) in [4.78, 5) is 23.5. The third-order valence-corrected chi connectivity index (χ3v) is 2.54. The second kappa shape index (κ2) is 8.06. The maximum atomic E-state index is 11.2. The highest BCUT2D eigenvalue weighted by Gasteiger charge is 2.25. The molecule has 0 aromatic carbocycles. The number of aliphatic carboxylic acids is 2. The van der Waals surface area contributed by atoms with Crippen LogP contribution in [0.4, 0.5) is 0 Å². The smallest absolute Gasteiger partial charge is 0.320 e. The highest BCUT2D eigenvalue weighted by atomic mass is 16.4. The van der Waals surface area contributed by atoms with Gasteiger partial charge >= 0.3 is 11.9 Å². The molecule has 0 aromatic rings. The molecule has 1 atom stereocenters. The van der Waals surface area contributed by atoms with E-state index < -0.39 is 18.0 Å². The first-order valence-corrected chi connectivity index (χ1v) is 6.07. The summed E-state index contributed by atoms with van der Waals surface area (Å²) in [5, 5.41) is 17.9. The molecule has 0 radical (unpaired) electrons. The molecule has 0 aliphatic carbocycles. The molecule has 0 saturated heterocycles. The van der Waals surface area contributed by atoms with E-state index >= 15 is 0 Å². The molecule has 0 aliphatic rings. The molecule has 0 heterocycles. The maximum Gasteiger partial charge on any atom is 0.320 e. The second-order valence-corrected chi connectivity index (χ2v) is 4.66. The number of carboxylic acid groups (broad SMARTS) is 2. The average Bonchev–Trinajstić information content (AvgIpc) is 2.20. The Morgan fingerprint density at radius 3 is 2.12 bits per heavy atom. The van der Waals surface area contributed by atoms with Crippen molar-refractivity contribution < 1.29 is 19.8 Å². The minimum Gasteiger partial charge on any atom is -0.481 e. The predicted octanol–water partition coefficient (Wildman–Crippen LogP) is 1.67. The molecule has 5 nitrogen and oxygen atoms in total. The number of carboxylic acids is 2. The van der Waals surface area contributed by atoms with Crippen molar-refractivity contribution in [2.24, 2.45) is 5.92 Å². The molecule has 0 rings (SSSR count). The Hall–Kier alpha value is -1.10. The summed E-state index contributed by atoms with van der Waals surface area (Å²) < 4.78 is 0. The van der Waals surface area contributed by atoms with Crippen LogP contribution in [0.15, 0.2) is 0 Å². The van der Waals surface area contributed by atoms with Crippen LogP contribution in [0.3, 0.4) is 0 Å². The molecule has 0 saturated carbocycles. The van der Waals surface area contributed by atoms with E-state index in [4.69, 9.17) is 5.11 Å². The largest absolute Gasteiger partial charge is 0.481 e. The van der Waals surface area contributed by atoms with Crippen LogP contribution in [0.5, 0.6) is 0 Å². The number of hydrogen-bond donors (Lipinski definition) is 2. The highest BCUT2D eigenvalue weighted by Crippen LogP contribution is 2.13. The number of nitrogens with zero attached hydrogens (tertiary/aromatic N) is 1. The average molecular weight is 245 g/mol. The van der Waals surface area contributed by atoms with Crippen LogP contribution in [-0.4, -0.2) is 46.2 Å². The van der Waals surface area contributed by atoms with Gasteiger partial charge in [0.25, 0.3) is 0 Å². The lowest BCUT2D eigenvalue weighted by Crippen LogP contribution is -2.43. The van der Waals surface area contributed by atoms with Gasteiger partial charge in [-0.2, -0.15) is 0 Å². The van der Waals surface area contributed by atoms with Gasteiger partial charge in [-0.05, 0) is 25.3 Å². The van der Waals surface area contributed by atoms with Gasteiger partial charge in [0.15, 0.2) is 0 Å². The molecule has 2 N–H and O–H groups in total. The first-order valence-electron chi connectivity index (χ1n) is 6.07. The van der Waals surface area contributed by atoms with E-state index in [2.05, 4.69) is 0 Å². The van der Waals surface area contributed by atoms with Crippen molar-refractivity contribution in [2.75, 3.05) is 13.1 Å². The summed E-state index contributed by atoms with van der Waals surface area (Å²) in [6.07, 6.45) is 1.36. The fourth-order valence-corrected chi connectivity index (χ4v) is 1.80. The Labute approximate surface area is 102 Å². The van der Waals surface area contributed by atoms with Crippen molar-refractivity contribution in [3.63, 3.8) is 0 Å². The van der Waals surface area contributed by atoms with E-state index in [-0.39, 0.29) is 12.3 Å². The van der Waals surface area contributed by atoms with Crippen LogP contribution < -0.4 is 0 Å². The zero-order chi connectivity index (χ0) is 13.4. The monoisotopic (exact) mass is 245 g/mol. The lowest BCUT2D eigenvalue weighted by molar-refractivity contribution is -0.145. The molecule has 0 bridgehead atoms. The molecule has 0 fully saturated rings. The van der Waals surface area contributed by atoms with Gasteiger partial charge in [0.1, 0.15) is 6.04 Å². The molecule has 0 spiro atoms. The molecular weight excluding hydrogens is 222 g/mol. The third-order valence-electron chi connectivity index (χ3n) is 2.54. The Balaban J connectivity index is 4.57. The lowest BCUT2D eigenvalue weighted by atomic mass is 10.0. The fourth-order valence-electron chi connectivity index (χ4n) is 1.80. The van der Waals surface area contributed by atoms with Crippen molar-refractivity contribution in [1.29, 1.82) is 0 Å². The Morgan fingerprint density at radius 2 is 1.76 bits per heavy atom. The van der Waals surface area contributed by atoms with Gasteiger partial charge in [0.05, 0.1) is 6.42 Å². The van der Waals surface area contributed by atoms with E-state index in [0.717, 1.165) is 6.42 Å². The molecule has 0 aromatic heterocycles. The fraction of sp³-hybridized carbons (Fsp3) is 0.833. The Morgan fingerprint density at radius 1 is 1.18 bits per heavy atom. The van der Waals surface area contributed by atoms with Gasteiger partial charge in [0, 0.05) is 6.54 Å². The van der Waals surface area contributed by atoms with Gasteiger partial charge in [0.2, 0.25) is 0 Å². The molecular formula is C12H23NO4. The normalized spacial score (nSPS) is 13.0. The maximum absolute atomic E-state index is 11.2. The zero-order valence-electron chi connectivity index (χ0n) is 10.8. The number of hydrogen-bond acceptors (Lipinski definition) is 3. The first-order chi connectivity index (χ1) is 7.88. The summed E-state index contributed by atoms with van der Waals surface area (Å²) in [6.45, 7) is 6.82. The Kier molecular flexibility index (Phi) is 7.54. The van der Waals surface area contributed by atoms with Gasteiger partial charge < -0.3 is 10.2 Å². The predicted molar refractivity (Wildman–Crippen MR) is 65.0 cm³/mol. The summed E-state index contributed by atoms with van der Waals surface area (Å²) in [6, 6.07) is -0.575. The van der Waals surface area contributed by atoms with E-state index in [1.54, 1.807) is 4.90 Å². The van der Waals surface area contributed by atoms with Crippen LogP contribution in [0.25, 0.3) is 0 Å². The van der Waals surface area contributed by atoms with E-state index in [1.807, 2.05) is 20.8 Å². The van der Waals surface area contributed by atoms with E-state index in [0.29, 0.717) is 19.5 Å². The number of carbonyl (C=O) groups is 2. The standard InChI is InChI=1S/C12H23NO4/c1-4-6-13(7-5-11(14)15)10(12(16)17)8-9(2)3/h9-10H,4-8H2,1-3H3,(H,14,15)(H,16,17). The number of rotatable bonds is 9. The molecule has 1 unspecified atom stereocenters. The van der Waals surface area contributed by atoms with Crippen LogP contribution in [0.1, 0.15) is 40.0 Å². The summed E-state index contributed by atoms with van der Waals surface area (Å²) in [5.41, 5.74) is 0. The molecule has 100 valence electrons. The Bertz CT molecular complexity index is 253. The minimum atomic E-state index is -0.889. The van der Waals surface area contributed by atoms with Crippen LogP contribution in [-0.2, 0) is 9.59 Å². The van der Waals surface area contributed by atoms with Gasteiger partial charge in [-0.25, -0.2) is 0 Å². The zero-order valence-corrected chi connectivity index (χ0v) is 10.8. The molecule has 17 heavy (non-hydrogen) atoms. The van der Waals surface area contributed by atoms with Crippen LogP contribution in [0, 0.1) is 5.92 Å². The highest BCUT2D eigenvalue weighted by molar-refractivity contribution is 5.73. The van der Waals surface area contributed by atoms with Crippen molar-refractivity contribution in [3.8, 4) is 0 Å². The van der Waals surface area contributed by atoms with Gasteiger partial charge in [-0.3, -0.25) is 14.5 Å². The molecule has 5 heteroatoms. The van der Waals surface area contributed by atoms with E-state index in [1.165, 1.54) is 0 Å². The van der Waals surface area contributed by atoms with E-state index in [9.17, 15) is 14.7 Å². The topological polar surface area (TPSA) is 77.8 Å². The summed E-state index contributed by atoms with van der Waals surface area (Å²) in [7, 11) is 0. The van der Waals surface area contributed by atoms with Crippen molar-refractivity contribution in [2.45, 2.75) is 46.1 Å². The quantitative estimate of drug-likeness (QED) is 0.646. The minimum absolute atomic E-state index is 0.0120. The van der Waals surface area contributed by atoms with Crippen molar-refractivity contribution >= 4 is 11.9 Å². The van der Waals surface area contributed by atoms with Crippen LogP contribution in [0.2, 0.25) is 0 Å². The summed E-state index contributed by atoms with van der Waals surface area (Å²) in [5.74, 6) is -1.47. The lowest BCUT2D eigenvalue weighted by Gasteiger charge is -2.29. The molecule has 0 amide bonds. The second-order valence-electron chi connectivity index (χ2n) is 4.66.